The van der Waals surface area contributed by atoms with Crippen molar-refractivity contribution in [2.24, 2.45) is 5.73 Å². The number of piperidine rings is 1. The van der Waals surface area contributed by atoms with Gasteiger partial charge in [0.05, 0.1) is 0 Å². The first-order valence-corrected chi connectivity index (χ1v) is 7.97. The highest BCUT2D eigenvalue weighted by Crippen LogP contribution is 2.37. The lowest BCUT2D eigenvalue weighted by Crippen LogP contribution is -2.64. The summed E-state index contributed by atoms with van der Waals surface area (Å²) in [5.41, 5.74) is 6.80. The number of thiophene rings is 1. The summed E-state index contributed by atoms with van der Waals surface area (Å²) in [7, 11) is 0. The number of rotatable bonds is 2. The Labute approximate surface area is 125 Å². The highest BCUT2D eigenvalue weighted by molar-refractivity contribution is 7.08. The molecule has 0 saturated carbocycles. The molecule has 2 N–H and O–H groups in total. The highest BCUT2D eigenvalue weighted by Gasteiger charge is 2.46. The minimum atomic E-state index is -0.211. The van der Waals surface area contributed by atoms with E-state index in [4.69, 9.17) is 5.73 Å². The summed E-state index contributed by atoms with van der Waals surface area (Å²) in [5, 5.41) is 4.05. The van der Waals surface area contributed by atoms with Crippen LogP contribution in [0.15, 0.2) is 22.9 Å². The van der Waals surface area contributed by atoms with Crippen LogP contribution in [0.25, 0.3) is 6.08 Å². The second-order valence-corrected chi connectivity index (χ2v) is 7.64. The summed E-state index contributed by atoms with van der Waals surface area (Å²) >= 11 is 1.63. The maximum Gasteiger partial charge on any atom is 0.247 e. The van der Waals surface area contributed by atoms with Gasteiger partial charge < -0.3 is 10.6 Å². The molecular weight excluding hydrogens is 268 g/mol. The van der Waals surface area contributed by atoms with Gasteiger partial charge in [-0.1, -0.05) is 0 Å². The van der Waals surface area contributed by atoms with Crippen LogP contribution in [-0.2, 0) is 4.79 Å². The van der Waals surface area contributed by atoms with E-state index in [2.05, 4.69) is 27.7 Å². The maximum atomic E-state index is 12.6. The van der Waals surface area contributed by atoms with Crippen molar-refractivity contribution in [2.45, 2.75) is 57.7 Å². The van der Waals surface area contributed by atoms with E-state index in [-0.39, 0.29) is 23.0 Å². The average Bonchev–Trinajstić information content (AvgIpc) is 2.74. The summed E-state index contributed by atoms with van der Waals surface area (Å²) in [6.45, 7) is 8.41. The van der Waals surface area contributed by atoms with E-state index in [1.165, 1.54) is 0 Å². The molecule has 0 unspecified atom stereocenters. The average molecular weight is 292 g/mol. The van der Waals surface area contributed by atoms with Gasteiger partial charge in [0.1, 0.15) is 0 Å². The number of amides is 1. The van der Waals surface area contributed by atoms with Crippen LogP contribution in [0.5, 0.6) is 0 Å². The Kier molecular flexibility index (Phi) is 4.07. The van der Waals surface area contributed by atoms with E-state index >= 15 is 0 Å². The van der Waals surface area contributed by atoms with Crippen LogP contribution >= 0.6 is 11.3 Å². The van der Waals surface area contributed by atoms with Crippen LogP contribution in [0, 0.1) is 0 Å². The second kappa shape index (κ2) is 5.34. The van der Waals surface area contributed by atoms with Crippen LogP contribution in [0.4, 0.5) is 0 Å². The maximum absolute atomic E-state index is 12.6. The Morgan fingerprint density at radius 3 is 2.45 bits per heavy atom. The summed E-state index contributed by atoms with van der Waals surface area (Å²) in [4.78, 5) is 14.6. The van der Waals surface area contributed by atoms with Crippen molar-refractivity contribution in [1.29, 1.82) is 0 Å². The molecular formula is C16H24N2OS. The van der Waals surface area contributed by atoms with Gasteiger partial charge in [-0.25, -0.2) is 0 Å². The smallest absolute Gasteiger partial charge is 0.247 e. The molecule has 2 rings (SSSR count). The molecule has 3 nitrogen and oxygen atoms in total. The number of likely N-dealkylation sites (tertiary alicyclic amines) is 1. The van der Waals surface area contributed by atoms with Crippen molar-refractivity contribution in [3.63, 3.8) is 0 Å². The molecule has 20 heavy (non-hydrogen) atoms. The van der Waals surface area contributed by atoms with Gasteiger partial charge in [-0.05, 0) is 69.0 Å². The van der Waals surface area contributed by atoms with Crippen molar-refractivity contribution < 1.29 is 4.79 Å². The van der Waals surface area contributed by atoms with E-state index in [0.29, 0.717) is 0 Å². The topological polar surface area (TPSA) is 46.3 Å². The Bertz CT molecular complexity index is 485. The van der Waals surface area contributed by atoms with Gasteiger partial charge in [0, 0.05) is 23.2 Å². The fourth-order valence-corrected chi connectivity index (χ4v) is 4.19. The third kappa shape index (κ3) is 3.13. The van der Waals surface area contributed by atoms with Gasteiger partial charge >= 0.3 is 0 Å². The molecule has 1 aliphatic heterocycles. The van der Waals surface area contributed by atoms with Crippen LogP contribution in [0.2, 0.25) is 0 Å². The second-order valence-electron chi connectivity index (χ2n) is 6.86. The first kappa shape index (κ1) is 15.3. The van der Waals surface area contributed by atoms with Crippen LogP contribution in [0.1, 0.15) is 46.1 Å². The fourth-order valence-electron chi connectivity index (χ4n) is 3.57. The van der Waals surface area contributed by atoms with E-state index in [1.807, 2.05) is 27.8 Å². The summed E-state index contributed by atoms with van der Waals surface area (Å²) < 4.78 is 0. The quantitative estimate of drug-likeness (QED) is 0.850. The van der Waals surface area contributed by atoms with Crippen LogP contribution < -0.4 is 5.73 Å². The van der Waals surface area contributed by atoms with E-state index in [9.17, 15) is 4.79 Å². The van der Waals surface area contributed by atoms with Gasteiger partial charge in [-0.15, -0.1) is 0 Å². The first-order valence-electron chi connectivity index (χ1n) is 7.02. The molecule has 2 heterocycles. The number of nitrogens with two attached hydrogens (primary N) is 1. The van der Waals surface area contributed by atoms with Gasteiger partial charge in [-0.3, -0.25) is 4.79 Å². The molecule has 0 bridgehead atoms. The van der Waals surface area contributed by atoms with Crippen molar-refractivity contribution in [3.05, 3.63) is 28.5 Å². The third-order valence-electron chi connectivity index (χ3n) is 3.92. The summed E-state index contributed by atoms with van der Waals surface area (Å²) in [6.07, 6.45) is 5.25. The van der Waals surface area contributed by atoms with Crippen LogP contribution in [0.3, 0.4) is 0 Å². The Morgan fingerprint density at radius 2 is 1.95 bits per heavy atom. The molecule has 1 saturated heterocycles. The van der Waals surface area contributed by atoms with Gasteiger partial charge in [0.15, 0.2) is 0 Å². The third-order valence-corrected chi connectivity index (χ3v) is 4.62. The van der Waals surface area contributed by atoms with Crippen LogP contribution in [-0.4, -0.2) is 27.9 Å². The van der Waals surface area contributed by atoms with Gasteiger partial charge in [-0.2, -0.15) is 11.3 Å². The molecule has 0 spiro atoms. The monoisotopic (exact) mass is 292 g/mol. The van der Waals surface area contributed by atoms with Crippen molar-refractivity contribution >= 4 is 23.3 Å². The molecule has 1 aromatic heterocycles. The minimum absolute atomic E-state index is 0.0677. The molecule has 110 valence electrons. The zero-order valence-electron chi connectivity index (χ0n) is 12.7. The molecule has 0 atom stereocenters. The molecule has 1 aromatic rings. The molecule has 1 aliphatic rings. The number of carbonyl (C=O) groups is 1. The van der Waals surface area contributed by atoms with Crippen molar-refractivity contribution in [2.75, 3.05) is 0 Å². The van der Waals surface area contributed by atoms with Gasteiger partial charge in [0.2, 0.25) is 5.91 Å². The normalized spacial score (nSPS) is 22.4. The van der Waals surface area contributed by atoms with E-state index in [1.54, 1.807) is 17.4 Å². The van der Waals surface area contributed by atoms with Crippen molar-refractivity contribution in [1.82, 2.24) is 4.90 Å². The predicted octanol–water partition coefficient (Wildman–Crippen LogP) is 3.27. The molecule has 0 aliphatic carbocycles. The van der Waals surface area contributed by atoms with E-state index in [0.717, 1.165) is 18.4 Å². The molecule has 1 amide bonds. The van der Waals surface area contributed by atoms with Gasteiger partial charge in [0.25, 0.3) is 0 Å². The number of hydrogen-bond donors (Lipinski definition) is 1. The molecule has 0 radical (unpaired) electrons. The lowest BCUT2D eigenvalue weighted by Gasteiger charge is -2.54. The molecule has 4 heteroatoms. The Balaban J connectivity index is 2.22. The SMILES string of the molecule is CC1(C)CC(N)CC(C)(C)N1C(=O)/C=C/c1ccsc1. The highest BCUT2D eigenvalue weighted by atomic mass is 32.1. The predicted molar refractivity (Wildman–Crippen MR) is 85.6 cm³/mol. The van der Waals surface area contributed by atoms with E-state index < -0.39 is 0 Å². The first-order chi connectivity index (χ1) is 9.22. The molecule has 1 fully saturated rings. The number of nitrogens with zero attached hydrogens (tertiary/aromatic N) is 1. The minimum Gasteiger partial charge on any atom is -0.329 e. The largest absolute Gasteiger partial charge is 0.329 e. The zero-order chi connectivity index (χ0) is 15.0. The number of carbonyl (C=O) groups excluding carboxylic acids is 1. The Hall–Kier alpha value is -1.13. The lowest BCUT2D eigenvalue weighted by atomic mass is 9.77. The van der Waals surface area contributed by atoms with Crippen molar-refractivity contribution in [3.8, 4) is 0 Å². The summed E-state index contributed by atoms with van der Waals surface area (Å²) in [5.74, 6) is 0.0677. The fraction of sp³-hybridized carbons (Fsp3) is 0.562. The lowest BCUT2D eigenvalue weighted by molar-refractivity contribution is -0.143. The summed E-state index contributed by atoms with van der Waals surface area (Å²) in [6, 6.07) is 2.17. The Morgan fingerprint density at radius 1 is 1.35 bits per heavy atom. The zero-order valence-corrected chi connectivity index (χ0v) is 13.5. The number of hydrogen-bond acceptors (Lipinski definition) is 3. The standard InChI is InChI=1S/C16H24N2OS/c1-15(2)9-13(17)10-16(3,4)18(15)14(19)6-5-12-7-8-20-11-12/h5-8,11,13H,9-10,17H2,1-4H3/b6-5+. The molecule has 0 aromatic carbocycles.